The molecule has 0 spiro atoms. The molecule has 1 aromatic heterocycles. The molecule has 0 fully saturated rings. The van der Waals surface area contributed by atoms with Gasteiger partial charge >= 0.3 is 0 Å². The van der Waals surface area contributed by atoms with Crippen LogP contribution in [0.2, 0.25) is 10.0 Å². The molecule has 0 unspecified atom stereocenters. The third-order valence-corrected chi connectivity index (χ3v) is 7.33. The summed E-state index contributed by atoms with van der Waals surface area (Å²) in [6.45, 7) is 5.96. The fraction of sp³-hybridized carbons (Fsp3) is 0.259. The molecule has 0 bridgehead atoms. The van der Waals surface area contributed by atoms with Crippen LogP contribution in [0.3, 0.4) is 0 Å². The summed E-state index contributed by atoms with van der Waals surface area (Å²) in [5.74, 6) is 1.46. The number of aryl methyl sites for hydroxylation is 2. The minimum Gasteiger partial charge on any atom is -0.490 e. The minimum atomic E-state index is -0.612. The molecule has 0 radical (unpaired) electrons. The molecule has 4 rings (SSSR count). The van der Waals surface area contributed by atoms with E-state index in [1.54, 1.807) is 24.3 Å². The van der Waals surface area contributed by atoms with Crippen molar-refractivity contribution in [3.8, 4) is 17.2 Å². The van der Waals surface area contributed by atoms with Crippen molar-refractivity contribution >= 4 is 35.0 Å². The van der Waals surface area contributed by atoms with Crippen molar-refractivity contribution in [3.63, 3.8) is 0 Å². The maximum absolute atomic E-state index is 11.7. The van der Waals surface area contributed by atoms with E-state index < -0.39 is 5.25 Å². The highest BCUT2D eigenvalue weighted by Crippen LogP contribution is 2.43. The first-order valence-corrected chi connectivity index (χ1v) is 13.5. The predicted octanol–water partition coefficient (Wildman–Crippen LogP) is 7.28. The molecule has 0 saturated carbocycles. The standard InChI is InChI=1S/C27H26Cl2N4O4S/c1-4-36-24-14-20(13-23(29)26(24)37-16-19-8-10-21(28)11-9-19)25(15-32(34)35)38-27-31-30-18(3)33(27)22-7-5-6-17(2)12-22/h5-14,25H,4,15-16H2,1-3H3/t25-/m1/s1. The number of benzene rings is 3. The highest BCUT2D eigenvalue weighted by Gasteiger charge is 2.26. The Labute approximate surface area is 235 Å². The normalized spacial score (nSPS) is 11.8. The second-order valence-electron chi connectivity index (χ2n) is 8.50. The fourth-order valence-corrected chi connectivity index (χ4v) is 5.42. The number of halogens is 2. The zero-order chi connectivity index (χ0) is 27.2. The Hall–Kier alpha value is -3.27. The predicted molar refractivity (Wildman–Crippen MR) is 150 cm³/mol. The van der Waals surface area contributed by atoms with E-state index in [0.29, 0.717) is 44.7 Å². The molecule has 1 atom stereocenters. The molecule has 8 nitrogen and oxygen atoms in total. The van der Waals surface area contributed by atoms with Crippen LogP contribution in [0.1, 0.15) is 34.7 Å². The van der Waals surface area contributed by atoms with Gasteiger partial charge in [-0.15, -0.1) is 10.2 Å². The quantitative estimate of drug-likeness (QED) is 0.106. The molecule has 0 amide bonds. The van der Waals surface area contributed by atoms with Crippen molar-refractivity contribution in [2.24, 2.45) is 0 Å². The van der Waals surface area contributed by atoms with Gasteiger partial charge in [-0.25, -0.2) is 0 Å². The van der Waals surface area contributed by atoms with Crippen molar-refractivity contribution in [2.45, 2.75) is 37.8 Å². The van der Waals surface area contributed by atoms with Crippen LogP contribution in [0.4, 0.5) is 0 Å². The Kier molecular flexibility index (Phi) is 9.14. The zero-order valence-electron chi connectivity index (χ0n) is 21.1. The van der Waals surface area contributed by atoms with Crippen LogP contribution in [0.15, 0.2) is 65.8 Å². The van der Waals surface area contributed by atoms with Gasteiger partial charge in [0, 0.05) is 15.6 Å². The number of hydrogen-bond donors (Lipinski definition) is 0. The third-order valence-electron chi connectivity index (χ3n) is 5.62. The molecule has 0 saturated heterocycles. The van der Waals surface area contributed by atoms with Crippen LogP contribution >= 0.6 is 35.0 Å². The lowest BCUT2D eigenvalue weighted by Gasteiger charge is -2.19. The Morgan fingerprint density at radius 1 is 1.05 bits per heavy atom. The van der Waals surface area contributed by atoms with Crippen LogP contribution in [0.5, 0.6) is 11.5 Å². The van der Waals surface area contributed by atoms with Crippen molar-refractivity contribution < 1.29 is 14.4 Å². The smallest absolute Gasteiger partial charge is 0.220 e. The van der Waals surface area contributed by atoms with Gasteiger partial charge < -0.3 is 9.47 Å². The van der Waals surface area contributed by atoms with Gasteiger partial charge in [0.05, 0.1) is 11.6 Å². The average Bonchev–Trinajstić information content (AvgIpc) is 3.23. The van der Waals surface area contributed by atoms with E-state index in [0.717, 1.165) is 16.8 Å². The van der Waals surface area contributed by atoms with Crippen LogP contribution in [0.25, 0.3) is 5.69 Å². The first kappa shape index (κ1) is 27.8. The summed E-state index contributed by atoms with van der Waals surface area (Å²) >= 11 is 13.9. The fourth-order valence-electron chi connectivity index (χ4n) is 3.87. The lowest BCUT2D eigenvalue weighted by Crippen LogP contribution is -2.12. The van der Waals surface area contributed by atoms with Gasteiger partial charge in [-0.2, -0.15) is 0 Å². The van der Waals surface area contributed by atoms with Crippen LogP contribution in [0, 0.1) is 24.0 Å². The number of ether oxygens (including phenoxy) is 2. The maximum atomic E-state index is 11.7. The second-order valence-corrected chi connectivity index (χ2v) is 10.5. The van der Waals surface area contributed by atoms with E-state index in [1.165, 1.54) is 11.8 Å². The lowest BCUT2D eigenvalue weighted by molar-refractivity contribution is -0.479. The SMILES string of the molecule is CCOc1cc([C@@H](C[N+](=O)[O-])Sc2nnc(C)n2-c2cccc(C)c2)cc(Cl)c1OCc1ccc(Cl)cc1. The molecule has 1 heterocycles. The summed E-state index contributed by atoms with van der Waals surface area (Å²) < 4.78 is 13.7. The highest BCUT2D eigenvalue weighted by molar-refractivity contribution is 7.99. The molecule has 0 aliphatic rings. The van der Waals surface area contributed by atoms with Gasteiger partial charge in [0.25, 0.3) is 0 Å². The van der Waals surface area contributed by atoms with E-state index >= 15 is 0 Å². The molecule has 3 aromatic carbocycles. The van der Waals surface area contributed by atoms with Gasteiger partial charge in [0.15, 0.2) is 16.7 Å². The maximum Gasteiger partial charge on any atom is 0.220 e. The number of hydrogen-bond acceptors (Lipinski definition) is 7. The zero-order valence-corrected chi connectivity index (χ0v) is 23.4. The number of rotatable bonds is 11. The van der Waals surface area contributed by atoms with Crippen LogP contribution in [-0.2, 0) is 6.61 Å². The first-order valence-electron chi connectivity index (χ1n) is 11.9. The molecule has 11 heteroatoms. The number of thioether (sulfide) groups is 1. The van der Waals surface area contributed by atoms with Gasteiger partial charge in [-0.05, 0) is 73.9 Å². The van der Waals surface area contributed by atoms with Gasteiger partial charge in [0.2, 0.25) is 6.54 Å². The van der Waals surface area contributed by atoms with Crippen molar-refractivity contribution in [2.75, 3.05) is 13.2 Å². The number of nitrogens with zero attached hydrogens (tertiary/aromatic N) is 4. The Balaban J connectivity index is 1.67. The summed E-state index contributed by atoms with van der Waals surface area (Å²) in [4.78, 5) is 11.3. The third kappa shape index (κ3) is 6.78. The molecular weight excluding hydrogens is 547 g/mol. The molecular formula is C27H26Cl2N4O4S. The summed E-state index contributed by atoms with van der Waals surface area (Å²) in [5, 5.41) is 21.1. The van der Waals surface area contributed by atoms with Crippen molar-refractivity contribution in [3.05, 3.63) is 103 Å². The van der Waals surface area contributed by atoms with Gasteiger partial charge in [0.1, 0.15) is 17.7 Å². The van der Waals surface area contributed by atoms with Gasteiger partial charge in [-0.3, -0.25) is 14.7 Å². The minimum absolute atomic E-state index is 0.252. The average molecular weight is 574 g/mol. The summed E-state index contributed by atoms with van der Waals surface area (Å²) in [6.07, 6.45) is 0. The Morgan fingerprint density at radius 3 is 2.50 bits per heavy atom. The summed E-state index contributed by atoms with van der Waals surface area (Å²) in [6, 6.07) is 18.6. The molecule has 0 aliphatic heterocycles. The largest absolute Gasteiger partial charge is 0.490 e. The molecule has 38 heavy (non-hydrogen) atoms. The topological polar surface area (TPSA) is 92.3 Å². The van der Waals surface area contributed by atoms with Gasteiger partial charge in [-0.1, -0.05) is 59.2 Å². The number of aromatic nitrogens is 3. The molecule has 198 valence electrons. The lowest BCUT2D eigenvalue weighted by atomic mass is 10.1. The van der Waals surface area contributed by atoms with E-state index in [1.807, 2.05) is 61.7 Å². The summed E-state index contributed by atoms with van der Waals surface area (Å²) in [7, 11) is 0. The van der Waals surface area contributed by atoms with E-state index in [9.17, 15) is 10.1 Å². The Morgan fingerprint density at radius 2 is 1.82 bits per heavy atom. The van der Waals surface area contributed by atoms with Crippen molar-refractivity contribution in [1.29, 1.82) is 0 Å². The molecule has 0 N–H and O–H groups in total. The number of nitro groups is 1. The Bertz CT molecular complexity index is 1430. The highest BCUT2D eigenvalue weighted by atomic mass is 35.5. The van der Waals surface area contributed by atoms with E-state index in [4.69, 9.17) is 32.7 Å². The first-order chi connectivity index (χ1) is 18.2. The molecule has 4 aromatic rings. The van der Waals surface area contributed by atoms with E-state index in [2.05, 4.69) is 10.2 Å². The van der Waals surface area contributed by atoms with E-state index in [-0.39, 0.29) is 18.1 Å². The van der Waals surface area contributed by atoms with Crippen LogP contribution in [-0.4, -0.2) is 32.8 Å². The van der Waals surface area contributed by atoms with Crippen LogP contribution < -0.4 is 9.47 Å². The van der Waals surface area contributed by atoms with Crippen molar-refractivity contribution in [1.82, 2.24) is 14.8 Å². The monoisotopic (exact) mass is 572 g/mol. The molecule has 0 aliphatic carbocycles. The second kappa shape index (κ2) is 12.5. The summed E-state index contributed by atoms with van der Waals surface area (Å²) in [5.41, 5.74) is 3.49.